The number of imidazole rings is 1. The Labute approximate surface area is 190 Å². The van der Waals surface area contributed by atoms with E-state index in [4.69, 9.17) is 11.6 Å². The average molecular weight is 466 g/mol. The first-order chi connectivity index (χ1) is 15.5. The van der Waals surface area contributed by atoms with E-state index in [9.17, 15) is 4.79 Å². The first kappa shape index (κ1) is 20.1. The van der Waals surface area contributed by atoms with Crippen LogP contribution in [0.1, 0.15) is 16.2 Å². The highest BCUT2D eigenvalue weighted by molar-refractivity contribution is 7.10. The molecule has 4 aromatic heterocycles. The van der Waals surface area contributed by atoms with Crippen molar-refractivity contribution < 1.29 is 4.79 Å². The molecule has 0 bridgehead atoms. The number of hydrogen-bond donors (Lipinski definition) is 3. The Morgan fingerprint density at radius 2 is 2.12 bits per heavy atom. The number of pyridine rings is 1. The largest absolute Gasteiger partial charge is 0.340 e. The summed E-state index contributed by atoms with van der Waals surface area (Å²) in [6.07, 6.45) is 4.89. The third-order valence-electron chi connectivity index (χ3n) is 4.60. The quantitative estimate of drug-likeness (QED) is 0.355. The van der Waals surface area contributed by atoms with Gasteiger partial charge in [-0.3, -0.25) is 9.89 Å². The molecule has 1 aromatic carbocycles. The van der Waals surface area contributed by atoms with E-state index in [1.54, 1.807) is 42.5 Å². The predicted molar refractivity (Wildman–Crippen MR) is 123 cm³/mol. The minimum absolute atomic E-state index is 0.306. The first-order valence-electron chi connectivity index (χ1n) is 9.47. The van der Waals surface area contributed by atoms with Crippen LogP contribution in [0.4, 0.5) is 16.5 Å². The van der Waals surface area contributed by atoms with Crippen LogP contribution in [0.5, 0.6) is 0 Å². The van der Waals surface area contributed by atoms with Crippen molar-refractivity contribution in [2.45, 2.75) is 6.92 Å². The maximum absolute atomic E-state index is 12.4. The van der Waals surface area contributed by atoms with Crippen molar-refractivity contribution in [2.75, 3.05) is 10.6 Å². The topological polar surface area (TPSA) is 126 Å². The maximum Gasteiger partial charge on any atom is 0.275 e. The Balaban J connectivity index is 1.38. The van der Waals surface area contributed by atoms with Crippen LogP contribution < -0.4 is 10.6 Å². The van der Waals surface area contributed by atoms with Gasteiger partial charge in [-0.25, -0.2) is 9.97 Å². The van der Waals surface area contributed by atoms with Crippen molar-refractivity contribution in [1.82, 2.24) is 34.1 Å². The normalized spacial score (nSPS) is 11.1. The minimum atomic E-state index is -0.306. The number of carbonyl (C=O) groups is 1. The van der Waals surface area contributed by atoms with Crippen molar-refractivity contribution in [3.63, 3.8) is 0 Å². The van der Waals surface area contributed by atoms with Crippen LogP contribution in [0.15, 0.2) is 43.0 Å². The number of hydrogen-bond acceptors (Lipinski definition) is 8. The van der Waals surface area contributed by atoms with E-state index >= 15 is 0 Å². The summed E-state index contributed by atoms with van der Waals surface area (Å²) in [7, 11) is 1.80. The number of amides is 1. The van der Waals surface area contributed by atoms with E-state index in [-0.39, 0.29) is 5.91 Å². The van der Waals surface area contributed by atoms with E-state index in [0.29, 0.717) is 38.7 Å². The monoisotopic (exact) mass is 465 g/mol. The number of aromatic nitrogens is 7. The van der Waals surface area contributed by atoms with E-state index in [0.717, 1.165) is 16.6 Å². The lowest BCUT2D eigenvalue weighted by atomic mass is 10.2. The van der Waals surface area contributed by atoms with Gasteiger partial charge in [0.1, 0.15) is 11.4 Å². The molecule has 0 aliphatic heterocycles. The number of H-pyrrole nitrogens is 1. The zero-order chi connectivity index (χ0) is 22.2. The molecule has 0 saturated heterocycles. The number of carbonyl (C=O) groups excluding carboxylic acids is 1. The lowest BCUT2D eigenvalue weighted by Gasteiger charge is -2.06. The van der Waals surface area contributed by atoms with E-state index in [1.165, 1.54) is 11.5 Å². The number of fused-ring (bicyclic) bond motifs is 1. The molecule has 0 aliphatic carbocycles. The molecular formula is C20H16ClN9OS. The summed E-state index contributed by atoms with van der Waals surface area (Å²) in [5.41, 5.74) is 3.72. The summed E-state index contributed by atoms with van der Waals surface area (Å²) in [6, 6.07) is 7.23. The number of halogens is 1. The third kappa shape index (κ3) is 3.90. The Hall–Kier alpha value is -3.83. The lowest BCUT2D eigenvalue weighted by molar-refractivity contribution is 0.102. The van der Waals surface area contributed by atoms with Crippen LogP contribution in [0.3, 0.4) is 0 Å². The molecular weight excluding hydrogens is 450 g/mol. The van der Waals surface area contributed by atoms with Crippen molar-refractivity contribution in [1.29, 1.82) is 0 Å². The van der Waals surface area contributed by atoms with Gasteiger partial charge in [0.2, 0.25) is 5.13 Å². The van der Waals surface area contributed by atoms with Gasteiger partial charge in [-0.2, -0.15) is 14.5 Å². The lowest BCUT2D eigenvalue weighted by Crippen LogP contribution is -2.12. The van der Waals surface area contributed by atoms with E-state index < -0.39 is 0 Å². The van der Waals surface area contributed by atoms with Crippen LogP contribution in [0, 0.1) is 6.92 Å². The van der Waals surface area contributed by atoms with Gasteiger partial charge in [0, 0.05) is 41.5 Å². The molecule has 10 nitrogen and oxygen atoms in total. The summed E-state index contributed by atoms with van der Waals surface area (Å²) >= 11 is 7.66. The molecule has 5 aromatic rings. The fourth-order valence-corrected chi connectivity index (χ4v) is 4.00. The van der Waals surface area contributed by atoms with E-state index in [1.807, 2.05) is 19.1 Å². The van der Waals surface area contributed by atoms with Crippen molar-refractivity contribution in [3.05, 3.63) is 59.4 Å². The molecule has 0 unspecified atom stereocenters. The van der Waals surface area contributed by atoms with Gasteiger partial charge in [0.25, 0.3) is 5.91 Å². The summed E-state index contributed by atoms with van der Waals surface area (Å²) in [5.74, 6) is 0.134. The summed E-state index contributed by atoms with van der Waals surface area (Å²) in [4.78, 5) is 25.5. The van der Waals surface area contributed by atoms with Gasteiger partial charge in [-0.05, 0) is 31.2 Å². The number of rotatable bonds is 5. The highest BCUT2D eigenvalue weighted by Gasteiger charge is 2.15. The maximum atomic E-state index is 12.4. The van der Waals surface area contributed by atoms with Gasteiger partial charge < -0.3 is 15.2 Å². The fraction of sp³-hybridized carbons (Fsp3) is 0.100. The van der Waals surface area contributed by atoms with Crippen molar-refractivity contribution in [3.8, 4) is 11.5 Å². The second-order valence-corrected chi connectivity index (χ2v) is 8.20. The molecule has 0 fully saturated rings. The SMILES string of the molecule is Cc1cc(NC(=O)c2cn(C)cn2)cc(-c2nsc(Nc3ccc4[nH]ncc4c3Cl)n2)n1. The number of nitrogens with zero attached hydrogens (tertiary/aromatic N) is 6. The molecule has 0 radical (unpaired) electrons. The molecule has 4 heterocycles. The number of aromatic amines is 1. The molecule has 160 valence electrons. The molecule has 0 aliphatic rings. The summed E-state index contributed by atoms with van der Waals surface area (Å²) < 4.78 is 6.11. The Morgan fingerprint density at radius 3 is 2.94 bits per heavy atom. The smallest absolute Gasteiger partial charge is 0.275 e. The van der Waals surface area contributed by atoms with Gasteiger partial charge in [-0.1, -0.05) is 11.6 Å². The molecule has 0 spiro atoms. The molecule has 0 atom stereocenters. The fourth-order valence-electron chi connectivity index (χ4n) is 3.15. The summed E-state index contributed by atoms with van der Waals surface area (Å²) in [6.45, 7) is 1.84. The van der Waals surface area contributed by atoms with Crippen molar-refractivity contribution >= 4 is 56.4 Å². The first-order valence-corrected chi connectivity index (χ1v) is 10.6. The number of benzene rings is 1. The zero-order valence-corrected chi connectivity index (χ0v) is 18.5. The van der Waals surface area contributed by atoms with Crippen LogP contribution in [0.25, 0.3) is 22.4 Å². The Bertz CT molecular complexity index is 1450. The second kappa shape index (κ2) is 8.02. The molecule has 5 rings (SSSR count). The third-order valence-corrected chi connectivity index (χ3v) is 5.64. The van der Waals surface area contributed by atoms with Crippen LogP contribution in [-0.4, -0.2) is 40.0 Å². The molecule has 12 heteroatoms. The summed E-state index contributed by atoms with van der Waals surface area (Å²) in [5, 5.41) is 14.8. The highest BCUT2D eigenvalue weighted by atomic mass is 35.5. The molecule has 0 saturated carbocycles. The second-order valence-electron chi connectivity index (χ2n) is 7.07. The van der Waals surface area contributed by atoms with Crippen LogP contribution in [-0.2, 0) is 7.05 Å². The minimum Gasteiger partial charge on any atom is -0.340 e. The zero-order valence-electron chi connectivity index (χ0n) is 16.9. The van der Waals surface area contributed by atoms with Gasteiger partial charge >= 0.3 is 0 Å². The number of nitrogens with one attached hydrogen (secondary N) is 3. The predicted octanol–water partition coefficient (Wildman–Crippen LogP) is 4.17. The highest BCUT2D eigenvalue weighted by Crippen LogP contribution is 2.33. The van der Waals surface area contributed by atoms with Crippen molar-refractivity contribution in [2.24, 2.45) is 7.05 Å². The van der Waals surface area contributed by atoms with Crippen LogP contribution >= 0.6 is 23.1 Å². The van der Waals surface area contributed by atoms with Gasteiger partial charge in [0.05, 0.1) is 28.8 Å². The Morgan fingerprint density at radius 1 is 1.25 bits per heavy atom. The van der Waals surface area contributed by atoms with Gasteiger partial charge in [-0.15, -0.1) is 0 Å². The van der Waals surface area contributed by atoms with E-state index in [2.05, 4.69) is 40.2 Å². The Kier molecular flexibility index (Phi) is 5.04. The average Bonchev–Trinajstić information content (AvgIpc) is 3.50. The molecule has 32 heavy (non-hydrogen) atoms. The molecule has 3 N–H and O–H groups in total. The number of anilines is 3. The van der Waals surface area contributed by atoms with Gasteiger partial charge in [0.15, 0.2) is 5.82 Å². The standard InChI is InChI=1S/C20H16ClN9OS/c1-10-5-11(25-19(31)16-8-30(2)9-22-16)6-15(24-10)18-27-20(32-29-18)26-14-4-3-13-12(17(14)21)7-23-28-13/h3-9H,1-2H3,(H,23,28)(H,24,25,31)(H,26,27,29). The van der Waals surface area contributed by atoms with Crippen LogP contribution in [0.2, 0.25) is 5.02 Å². The number of aryl methyl sites for hydroxylation is 2. The molecule has 1 amide bonds.